The lowest BCUT2D eigenvalue weighted by Gasteiger charge is -2.25. The molecule has 17 heavy (non-hydrogen) atoms. The van der Waals surface area contributed by atoms with Crippen molar-refractivity contribution in [3.05, 3.63) is 34.9 Å². The number of carbonyl (C=O) groups excluding carboxylic acids is 1. The second-order valence-electron chi connectivity index (χ2n) is 5.74. The summed E-state index contributed by atoms with van der Waals surface area (Å²) in [6.07, 6.45) is 7.88. The zero-order valence-corrected chi connectivity index (χ0v) is 10.5. The van der Waals surface area contributed by atoms with Crippen LogP contribution in [0.3, 0.4) is 0 Å². The molecular formula is C16H20O. The van der Waals surface area contributed by atoms with Gasteiger partial charge in [0.2, 0.25) is 0 Å². The van der Waals surface area contributed by atoms with E-state index in [4.69, 9.17) is 0 Å². The summed E-state index contributed by atoms with van der Waals surface area (Å²) in [5, 5.41) is 0. The molecule has 3 rings (SSSR count). The summed E-state index contributed by atoms with van der Waals surface area (Å²) in [6.45, 7) is 1.98. The Morgan fingerprint density at radius 2 is 2.12 bits per heavy atom. The Bertz CT molecular complexity index is 435. The topological polar surface area (TPSA) is 17.1 Å². The van der Waals surface area contributed by atoms with Crippen molar-refractivity contribution in [3.8, 4) is 0 Å². The highest BCUT2D eigenvalue weighted by Crippen LogP contribution is 2.46. The molecule has 0 bridgehead atoms. The van der Waals surface area contributed by atoms with E-state index in [2.05, 4.69) is 18.2 Å². The van der Waals surface area contributed by atoms with E-state index in [1.165, 1.54) is 43.2 Å². The molecule has 2 aliphatic rings. The minimum Gasteiger partial charge on any atom is -0.303 e. The van der Waals surface area contributed by atoms with Gasteiger partial charge in [-0.05, 0) is 47.8 Å². The number of fused-ring (bicyclic) bond motifs is 3. The monoisotopic (exact) mass is 228 g/mol. The Morgan fingerprint density at radius 1 is 1.29 bits per heavy atom. The van der Waals surface area contributed by atoms with Crippen LogP contribution in [-0.4, -0.2) is 6.29 Å². The minimum atomic E-state index is 0.0444. The van der Waals surface area contributed by atoms with Crippen LogP contribution in [0.1, 0.15) is 61.1 Å². The van der Waals surface area contributed by atoms with Crippen LogP contribution in [0.15, 0.2) is 18.2 Å². The molecule has 1 nitrogen and oxygen atoms in total. The molecule has 0 spiro atoms. The molecule has 1 saturated carbocycles. The van der Waals surface area contributed by atoms with Gasteiger partial charge >= 0.3 is 0 Å². The number of hydrogen-bond acceptors (Lipinski definition) is 1. The molecule has 0 N–H and O–H groups in total. The largest absolute Gasteiger partial charge is 0.303 e. The Kier molecular flexibility index (Phi) is 2.78. The highest BCUT2D eigenvalue weighted by atomic mass is 16.1. The first-order valence-corrected chi connectivity index (χ1v) is 6.87. The Morgan fingerprint density at radius 3 is 2.94 bits per heavy atom. The lowest BCUT2D eigenvalue weighted by atomic mass is 9.80. The first-order chi connectivity index (χ1) is 8.29. The smallest absolute Gasteiger partial charge is 0.127 e. The van der Waals surface area contributed by atoms with E-state index < -0.39 is 0 Å². The van der Waals surface area contributed by atoms with E-state index in [0.717, 1.165) is 18.1 Å². The molecule has 0 amide bonds. The van der Waals surface area contributed by atoms with E-state index in [0.29, 0.717) is 0 Å². The fourth-order valence-electron chi connectivity index (χ4n) is 3.67. The van der Waals surface area contributed by atoms with Crippen molar-refractivity contribution in [2.45, 2.75) is 50.9 Å². The molecule has 1 aromatic carbocycles. The summed E-state index contributed by atoms with van der Waals surface area (Å²) in [6, 6.07) is 6.74. The molecule has 1 aromatic rings. The fraction of sp³-hybridized carbons (Fsp3) is 0.562. The van der Waals surface area contributed by atoms with E-state index in [9.17, 15) is 4.79 Å². The fourth-order valence-corrected chi connectivity index (χ4v) is 3.67. The molecule has 0 aliphatic heterocycles. The van der Waals surface area contributed by atoms with Crippen molar-refractivity contribution < 1.29 is 4.79 Å². The predicted octanol–water partition coefficient (Wildman–Crippen LogP) is 3.82. The molecule has 0 aromatic heterocycles. The molecule has 0 unspecified atom stereocenters. The Labute approximate surface area is 103 Å². The third-order valence-electron chi connectivity index (χ3n) is 4.69. The van der Waals surface area contributed by atoms with E-state index in [1.807, 2.05) is 6.92 Å². The van der Waals surface area contributed by atoms with Crippen LogP contribution in [0.25, 0.3) is 0 Å². The van der Waals surface area contributed by atoms with Gasteiger partial charge in [0.25, 0.3) is 0 Å². The SMILES string of the molecule is C[C@H](C=O)c1ccc2c(c1)C[C@@H]1CCCC[C@@H]21. The lowest BCUT2D eigenvalue weighted by Crippen LogP contribution is -2.12. The third-order valence-corrected chi connectivity index (χ3v) is 4.69. The van der Waals surface area contributed by atoms with Crippen molar-refractivity contribution in [2.75, 3.05) is 0 Å². The van der Waals surface area contributed by atoms with Crippen molar-refractivity contribution in [2.24, 2.45) is 5.92 Å². The zero-order chi connectivity index (χ0) is 11.8. The Hall–Kier alpha value is -1.11. The first-order valence-electron chi connectivity index (χ1n) is 6.87. The molecule has 0 radical (unpaired) electrons. The van der Waals surface area contributed by atoms with Crippen molar-refractivity contribution in [1.29, 1.82) is 0 Å². The number of carbonyl (C=O) groups is 1. The van der Waals surface area contributed by atoms with Crippen LogP contribution >= 0.6 is 0 Å². The summed E-state index contributed by atoms with van der Waals surface area (Å²) < 4.78 is 0. The van der Waals surface area contributed by atoms with Gasteiger partial charge in [0, 0.05) is 5.92 Å². The van der Waals surface area contributed by atoms with E-state index >= 15 is 0 Å². The maximum atomic E-state index is 10.9. The maximum Gasteiger partial charge on any atom is 0.127 e. The molecule has 1 heteroatoms. The van der Waals surface area contributed by atoms with Gasteiger partial charge in [-0.2, -0.15) is 0 Å². The van der Waals surface area contributed by atoms with Crippen LogP contribution in [0.4, 0.5) is 0 Å². The Balaban J connectivity index is 1.93. The number of benzene rings is 1. The standard InChI is InChI=1S/C16H20O/c1-11(10-17)12-6-7-16-14(8-12)9-13-4-2-3-5-15(13)16/h6-8,10-11,13,15H,2-5,9H2,1H3/t11-,13+,15-/m1/s1. The van der Waals surface area contributed by atoms with Crippen LogP contribution in [0.5, 0.6) is 0 Å². The second-order valence-corrected chi connectivity index (χ2v) is 5.74. The minimum absolute atomic E-state index is 0.0444. The molecule has 2 aliphatic carbocycles. The van der Waals surface area contributed by atoms with Crippen LogP contribution in [0, 0.1) is 5.92 Å². The van der Waals surface area contributed by atoms with Gasteiger partial charge in [-0.25, -0.2) is 0 Å². The molecule has 1 fully saturated rings. The third kappa shape index (κ3) is 1.82. The van der Waals surface area contributed by atoms with Gasteiger partial charge in [0.1, 0.15) is 6.29 Å². The van der Waals surface area contributed by atoms with Crippen LogP contribution in [-0.2, 0) is 11.2 Å². The summed E-state index contributed by atoms with van der Waals surface area (Å²) in [4.78, 5) is 10.9. The second kappa shape index (κ2) is 4.29. The van der Waals surface area contributed by atoms with E-state index in [-0.39, 0.29) is 5.92 Å². The lowest BCUT2D eigenvalue weighted by molar-refractivity contribution is -0.108. The van der Waals surface area contributed by atoms with Gasteiger partial charge in [-0.15, -0.1) is 0 Å². The molecule has 3 atom stereocenters. The quantitative estimate of drug-likeness (QED) is 0.703. The summed E-state index contributed by atoms with van der Waals surface area (Å²) in [7, 11) is 0. The van der Waals surface area contributed by atoms with Crippen LogP contribution < -0.4 is 0 Å². The predicted molar refractivity (Wildman–Crippen MR) is 69.3 cm³/mol. The van der Waals surface area contributed by atoms with Gasteiger partial charge in [0.15, 0.2) is 0 Å². The summed E-state index contributed by atoms with van der Waals surface area (Å²) >= 11 is 0. The average molecular weight is 228 g/mol. The number of hydrogen-bond donors (Lipinski definition) is 0. The molecule has 0 heterocycles. The summed E-state index contributed by atoms with van der Waals surface area (Å²) in [5.74, 6) is 1.75. The first kappa shape index (κ1) is 11.0. The highest BCUT2D eigenvalue weighted by molar-refractivity contribution is 5.62. The average Bonchev–Trinajstić information content (AvgIpc) is 2.75. The zero-order valence-electron chi connectivity index (χ0n) is 10.5. The van der Waals surface area contributed by atoms with Crippen molar-refractivity contribution in [3.63, 3.8) is 0 Å². The van der Waals surface area contributed by atoms with Crippen molar-refractivity contribution >= 4 is 6.29 Å². The van der Waals surface area contributed by atoms with Crippen molar-refractivity contribution in [1.82, 2.24) is 0 Å². The summed E-state index contributed by atoms with van der Waals surface area (Å²) in [5.41, 5.74) is 4.29. The maximum absolute atomic E-state index is 10.9. The normalized spacial score (nSPS) is 28.3. The number of rotatable bonds is 2. The van der Waals surface area contributed by atoms with Crippen LogP contribution in [0.2, 0.25) is 0 Å². The highest BCUT2D eigenvalue weighted by Gasteiger charge is 2.34. The van der Waals surface area contributed by atoms with Gasteiger partial charge in [-0.1, -0.05) is 38.0 Å². The van der Waals surface area contributed by atoms with E-state index in [1.54, 1.807) is 5.56 Å². The molecule has 90 valence electrons. The van der Waals surface area contributed by atoms with Gasteiger partial charge in [-0.3, -0.25) is 0 Å². The molecular weight excluding hydrogens is 208 g/mol. The number of aldehydes is 1. The van der Waals surface area contributed by atoms with Gasteiger partial charge < -0.3 is 4.79 Å². The van der Waals surface area contributed by atoms with Gasteiger partial charge in [0.05, 0.1) is 0 Å². The molecule has 0 saturated heterocycles.